The van der Waals surface area contributed by atoms with Crippen LogP contribution in [-0.2, 0) is 4.79 Å². The first-order valence-corrected chi connectivity index (χ1v) is 18.5. The average Bonchev–Trinajstić information content (AvgIpc) is 3.06. The van der Waals surface area contributed by atoms with Crippen LogP contribution in [0.2, 0.25) is 0 Å². The summed E-state index contributed by atoms with van der Waals surface area (Å²) < 4.78 is 0. The Kier molecular flexibility index (Phi) is 34.6. The molecule has 0 rings (SSSR count). The van der Waals surface area contributed by atoms with Gasteiger partial charge in [0, 0.05) is 6.42 Å². The number of amides is 1. The molecule has 0 aromatic rings. The van der Waals surface area contributed by atoms with E-state index in [4.69, 9.17) is 0 Å². The fourth-order valence-electron chi connectivity index (χ4n) is 4.74. The Bertz CT molecular complexity index is 906. The zero-order chi connectivity index (χ0) is 33.6. The molecular weight excluding hydrogens is 566 g/mol. The third kappa shape index (κ3) is 32.7. The fourth-order valence-corrected chi connectivity index (χ4v) is 4.74. The van der Waals surface area contributed by atoms with Gasteiger partial charge >= 0.3 is 0 Å². The van der Waals surface area contributed by atoms with Gasteiger partial charge in [-0.1, -0.05) is 162 Å². The summed E-state index contributed by atoms with van der Waals surface area (Å²) in [5.74, 6) is -0.210. The number of hydrogen-bond acceptors (Lipinski definition) is 3. The zero-order valence-corrected chi connectivity index (χ0v) is 29.5. The van der Waals surface area contributed by atoms with Gasteiger partial charge in [0.15, 0.2) is 0 Å². The number of allylic oxidation sites excluding steroid dienone is 14. The molecule has 4 heteroatoms. The van der Waals surface area contributed by atoms with Crippen LogP contribution < -0.4 is 5.32 Å². The average molecular weight is 636 g/mol. The van der Waals surface area contributed by atoms with Crippen molar-refractivity contribution in [1.29, 1.82) is 0 Å². The number of aliphatic hydroxyl groups is 2. The maximum atomic E-state index is 12.2. The Labute approximate surface area is 283 Å². The number of carbonyl (C=O) groups excluding carboxylic acids is 1. The van der Waals surface area contributed by atoms with Crippen LogP contribution in [0.1, 0.15) is 142 Å². The Morgan fingerprint density at radius 2 is 0.978 bits per heavy atom. The molecule has 1 amide bonds. The van der Waals surface area contributed by atoms with Crippen LogP contribution >= 0.6 is 0 Å². The number of carbonyl (C=O) groups is 1. The van der Waals surface area contributed by atoms with Crippen molar-refractivity contribution in [2.75, 3.05) is 6.61 Å². The molecule has 2 atom stereocenters. The number of rotatable bonds is 31. The van der Waals surface area contributed by atoms with Gasteiger partial charge in [0.2, 0.25) is 5.91 Å². The van der Waals surface area contributed by atoms with Gasteiger partial charge in [-0.25, -0.2) is 0 Å². The molecule has 2 unspecified atom stereocenters. The van der Waals surface area contributed by atoms with E-state index in [1.165, 1.54) is 64.2 Å². The van der Waals surface area contributed by atoms with E-state index in [1.54, 1.807) is 6.08 Å². The minimum absolute atomic E-state index is 0.210. The molecule has 0 saturated heterocycles. The lowest BCUT2D eigenvalue weighted by atomic mass is 10.1. The standard InChI is InChI=1S/C42H69NO3/c1-3-5-7-9-11-13-15-17-19-20-21-22-24-25-27-29-31-33-35-37-41(45)40(39-44)43-42(46)38-36-34-32-30-28-26-23-18-16-14-12-10-8-6-4-2/h6,8,12,14,18,21-23,27-30,34-37,40-41,44-45H,3-5,7,9-11,13,15-17,19-20,24-26,31-33,38-39H2,1-2H3,(H,43,46)/b8-6-,14-12-,22-21+,23-18-,29-27+,30-28-,36-34-,37-35+. The fraction of sp³-hybridized carbons (Fsp3) is 0.595. The first-order chi connectivity index (χ1) is 22.7. The maximum absolute atomic E-state index is 12.2. The topological polar surface area (TPSA) is 69.6 Å². The van der Waals surface area contributed by atoms with Crippen molar-refractivity contribution in [3.8, 4) is 0 Å². The number of aliphatic hydroxyl groups excluding tert-OH is 2. The van der Waals surface area contributed by atoms with Crippen molar-refractivity contribution < 1.29 is 15.0 Å². The molecule has 3 N–H and O–H groups in total. The van der Waals surface area contributed by atoms with Gasteiger partial charge in [0.05, 0.1) is 18.8 Å². The SMILES string of the molecule is CC/C=C\C/C=C\C/C=C\C/C=C\C/C=C\CC(=O)NC(CO)C(O)/C=C/CC/C=C/CC/C=C/CCCCCCCCCCC. The molecule has 0 radical (unpaired) electrons. The van der Waals surface area contributed by atoms with E-state index in [2.05, 4.69) is 92.1 Å². The highest BCUT2D eigenvalue weighted by Gasteiger charge is 2.17. The van der Waals surface area contributed by atoms with Crippen molar-refractivity contribution in [2.24, 2.45) is 0 Å². The molecule has 0 aromatic heterocycles. The normalized spacial score (nSPS) is 14.3. The summed E-state index contributed by atoms with van der Waals surface area (Å²) in [5, 5.41) is 22.8. The van der Waals surface area contributed by atoms with Crippen LogP contribution in [0.4, 0.5) is 0 Å². The highest BCUT2D eigenvalue weighted by molar-refractivity contribution is 5.77. The summed E-state index contributed by atoms with van der Waals surface area (Å²) in [5.41, 5.74) is 0. The van der Waals surface area contributed by atoms with E-state index >= 15 is 0 Å². The summed E-state index contributed by atoms with van der Waals surface area (Å²) >= 11 is 0. The van der Waals surface area contributed by atoms with Crippen LogP contribution in [0, 0.1) is 0 Å². The molecule has 0 spiro atoms. The second-order valence-electron chi connectivity index (χ2n) is 11.9. The molecule has 0 aliphatic carbocycles. The predicted molar refractivity (Wildman–Crippen MR) is 202 cm³/mol. The third-order valence-corrected chi connectivity index (χ3v) is 7.56. The summed E-state index contributed by atoms with van der Waals surface area (Å²) in [6.45, 7) is 4.10. The van der Waals surface area contributed by atoms with Crippen LogP contribution in [0.15, 0.2) is 97.2 Å². The molecule has 0 aromatic carbocycles. The van der Waals surface area contributed by atoms with E-state index in [-0.39, 0.29) is 18.9 Å². The molecule has 0 fully saturated rings. The minimum atomic E-state index is -0.915. The second kappa shape index (κ2) is 36.8. The lowest BCUT2D eigenvalue weighted by Gasteiger charge is -2.19. The first kappa shape index (κ1) is 43.3. The van der Waals surface area contributed by atoms with Gasteiger partial charge in [0.1, 0.15) is 0 Å². The van der Waals surface area contributed by atoms with Crippen molar-refractivity contribution >= 4 is 5.91 Å². The quantitative estimate of drug-likeness (QED) is 0.0524. The van der Waals surface area contributed by atoms with E-state index in [0.717, 1.165) is 57.8 Å². The van der Waals surface area contributed by atoms with E-state index in [0.29, 0.717) is 0 Å². The first-order valence-electron chi connectivity index (χ1n) is 18.5. The summed E-state index contributed by atoms with van der Waals surface area (Å²) in [4.78, 5) is 12.2. The molecule has 0 aliphatic heterocycles. The highest BCUT2D eigenvalue weighted by Crippen LogP contribution is 2.11. The lowest BCUT2D eigenvalue weighted by Crippen LogP contribution is -2.44. The van der Waals surface area contributed by atoms with Crippen LogP contribution in [-0.4, -0.2) is 34.9 Å². The predicted octanol–water partition coefficient (Wildman–Crippen LogP) is 11.1. The Morgan fingerprint density at radius 1 is 0.543 bits per heavy atom. The molecule has 0 bridgehead atoms. The minimum Gasteiger partial charge on any atom is -0.394 e. The van der Waals surface area contributed by atoms with Crippen molar-refractivity contribution in [2.45, 2.75) is 154 Å². The molecule has 0 saturated carbocycles. The number of nitrogens with one attached hydrogen (secondary N) is 1. The Hall–Kier alpha value is -2.69. The van der Waals surface area contributed by atoms with E-state index in [9.17, 15) is 15.0 Å². The summed E-state index contributed by atoms with van der Waals surface area (Å²) in [6.07, 6.45) is 55.2. The van der Waals surface area contributed by atoms with Gasteiger partial charge in [-0.3, -0.25) is 4.79 Å². The number of hydrogen-bond donors (Lipinski definition) is 3. The monoisotopic (exact) mass is 636 g/mol. The van der Waals surface area contributed by atoms with Crippen molar-refractivity contribution in [3.05, 3.63) is 97.2 Å². The molecule has 46 heavy (non-hydrogen) atoms. The maximum Gasteiger partial charge on any atom is 0.224 e. The van der Waals surface area contributed by atoms with E-state index in [1.807, 2.05) is 18.2 Å². The van der Waals surface area contributed by atoms with E-state index < -0.39 is 12.1 Å². The van der Waals surface area contributed by atoms with Crippen molar-refractivity contribution in [1.82, 2.24) is 5.32 Å². The Morgan fingerprint density at radius 3 is 1.48 bits per heavy atom. The van der Waals surface area contributed by atoms with Crippen LogP contribution in [0.3, 0.4) is 0 Å². The zero-order valence-electron chi connectivity index (χ0n) is 29.5. The number of unbranched alkanes of at least 4 members (excludes halogenated alkanes) is 11. The Balaban J connectivity index is 3.88. The third-order valence-electron chi connectivity index (χ3n) is 7.56. The van der Waals surface area contributed by atoms with Gasteiger partial charge in [-0.05, 0) is 70.6 Å². The molecular formula is C42H69NO3. The molecule has 0 aliphatic rings. The molecule has 4 nitrogen and oxygen atoms in total. The van der Waals surface area contributed by atoms with Gasteiger partial charge in [-0.2, -0.15) is 0 Å². The summed E-state index contributed by atoms with van der Waals surface area (Å²) in [7, 11) is 0. The largest absolute Gasteiger partial charge is 0.394 e. The van der Waals surface area contributed by atoms with Gasteiger partial charge in [-0.15, -0.1) is 0 Å². The second-order valence-corrected chi connectivity index (χ2v) is 11.9. The van der Waals surface area contributed by atoms with Gasteiger partial charge in [0.25, 0.3) is 0 Å². The van der Waals surface area contributed by atoms with Crippen molar-refractivity contribution in [3.63, 3.8) is 0 Å². The smallest absolute Gasteiger partial charge is 0.224 e. The summed E-state index contributed by atoms with van der Waals surface area (Å²) in [6, 6.07) is -0.704. The molecule has 260 valence electrons. The lowest BCUT2D eigenvalue weighted by molar-refractivity contribution is -0.122. The van der Waals surface area contributed by atoms with Crippen LogP contribution in [0.25, 0.3) is 0 Å². The highest BCUT2D eigenvalue weighted by atomic mass is 16.3. The van der Waals surface area contributed by atoms with Crippen LogP contribution in [0.5, 0.6) is 0 Å². The van der Waals surface area contributed by atoms with Gasteiger partial charge < -0.3 is 15.5 Å². The molecule has 0 heterocycles.